The van der Waals surface area contributed by atoms with Gasteiger partial charge in [-0.2, -0.15) is 0 Å². The molecule has 0 aliphatic carbocycles. The van der Waals surface area contributed by atoms with E-state index in [0.29, 0.717) is 26.2 Å². The molecule has 0 aromatic heterocycles. The van der Waals surface area contributed by atoms with Crippen molar-refractivity contribution in [2.45, 2.75) is 13.0 Å². The lowest BCUT2D eigenvalue weighted by atomic mass is 9.86. The van der Waals surface area contributed by atoms with Gasteiger partial charge in [0.15, 0.2) is 0 Å². The average molecular weight is 374 g/mol. The van der Waals surface area contributed by atoms with E-state index in [-0.39, 0.29) is 5.92 Å². The molecule has 25 heavy (non-hydrogen) atoms. The van der Waals surface area contributed by atoms with Gasteiger partial charge in [0.05, 0.1) is 5.92 Å². The number of hydrogen-bond donors (Lipinski definition) is 0. The van der Waals surface area contributed by atoms with Gasteiger partial charge < -0.3 is 4.84 Å². The highest BCUT2D eigenvalue weighted by Crippen LogP contribution is 2.34. The van der Waals surface area contributed by atoms with Crippen molar-refractivity contribution in [2.24, 2.45) is 5.92 Å². The molecule has 0 bridgehead atoms. The van der Waals surface area contributed by atoms with Gasteiger partial charge in [0, 0.05) is 20.5 Å². The number of benzene rings is 2. The molecule has 0 fully saturated rings. The van der Waals surface area contributed by atoms with E-state index in [9.17, 15) is 5.21 Å². The highest BCUT2D eigenvalue weighted by atomic mass is 35.5. The zero-order valence-electron chi connectivity index (χ0n) is 13.7. The summed E-state index contributed by atoms with van der Waals surface area (Å²) >= 11 is 11.8. The summed E-state index contributed by atoms with van der Waals surface area (Å²) in [4.78, 5) is 6.07. The molecule has 1 aliphatic heterocycles. The first-order valence-electron chi connectivity index (χ1n) is 7.79. The highest BCUT2D eigenvalue weighted by molar-refractivity contribution is 6.31. The van der Waals surface area contributed by atoms with Gasteiger partial charge in [0.25, 0.3) is 5.71 Å². The number of hydrogen-bond acceptors (Lipinski definition) is 2. The Kier molecular flexibility index (Phi) is 4.89. The minimum Gasteiger partial charge on any atom is -0.394 e. The standard InChI is InChI=1S/C20H17Cl2NO2/c1-12(15-4-8-17(21)9-5-15)19-14(3)20(25-23(19)24)13(2)16-6-10-18(22)11-7-16/h4-11,14,20H,1-2H2,3H3/t14-,20+/m1/s1. The first-order valence-corrected chi connectivity index (χ1v) is 8.55. The molecular weight excluding hydrogens is 357 g/mol. The predicted octanol–water partition coefficient (Wildman–Crippen LogP) is 5.62. The van der Waals surface area contributed by atoms with Crippen molar-refractivity contribution in [2.75, 3.05) is 0 Å². The highest BCUT2D eigenvalue weighted by Gasteiger charge is 2.40. The first kappa shape index (κ1) is 17.6. The fourth-order valence-electron chi connectivity index (χ4n) is 2.94. The monoisotopic (exact) mass is 373 g/mol. The minimum absolute atomic E-state index is 0.191. The van der Waals surface area contributed by atoms with E-state index in [1.807, 2.05) is 31.2 Å². The summed E-state index contributed by atoms with van der Waals surface area (Å²) in [5, 5.41) is 13.6. The van der Waals surface area contributed by atoms with E-state index in [2.05, 4.69) is 13.2 Å². The Morgan fingerprint density at radius 2 is 1.44 bits per heavy atom. The van der Waals surface area contributed by atoms with Gasteiger partial charge in [-0.25, -0.2) is 0 Å². The molecule has 5 heteroatoms. The molecule has 2 aromatic carbocycles. The summed E-state index contributed by atoms with van der Waals surface area (Å²) in [6.07, 6.45) is -0.460. The van der Waals surface area contributed by atoms with Crippen LogP contribution in [0.4, 0.5) is 0 Å². The molecule has 0 saturated heterocycles. The average Bonchev–Trinajstić information content (AvgIpc) is 2.89. The van der Waals surface area contributed by atoms with Gasteiger partial charge in [0.2, 0.25) is 0 Å². The van der Waals surface area contributed by atoms with E-state index in [1.54, 1.807) is 24.3 Å². The van der Waals surface area contributed by atoms with Crippen LogP contribution in [0.1, 0.15) is 18.1 Å². The number of halogens is 2. The Balaban J connectivity index is 1.84. The molecule has 0 N–H and O–H groups in total. The van der Waals surface area contributed by atoms with Crippen LogP contribution in [0, 0.1) is 11.1 Å². The van der Waals surface area contributed by atoms with Crippen LogP contribution in [0.5, 0.6) is 0 Å². The molecule has 128 valence electrons. The maximum Gasteiger partial charge on any atom is 0.256 e. The molecule has 0 amide bonds. The molecule has 0 spiro atoms. The second-order valence-electron chi connectivity index (χ2n) is 5.97. The van der Waals surface area contributed by atoms with Crippen LogP contribution < -0.4 is 0 Å². The molecule has 0 radical (unpaired) electrons. The van der Waals surface area contributed by atoms with E-state index in [4.69, 9.17) is 28.0 Å². The van der Waals surface area contributed by atoms with Crippen LogP contribution in [-0.4, -0.2) is 16.7 Å². The van der Waals surface area contributed by atoms with Crippen LogP contribution >= 0.6 is 23.2 Å². The van der Waals surface area contributed by atoms with Gasteiger partial charge in [-0.15, -0.1) is 0 Å². The summed E-state index contributed by atoms with van der Waals surface area (Å²) in [5.41, 5.74) is 3.54. The largest absolute Gasteiger partial charge is 0.394 e. The molecule has 3 nitrogen and oxygen atoms in total. The first-order chi connectivity index (χ1) is 11.9. The maximum absolute atomic E-state index is 12.4. The normalized spacial score (nSPS) is 19.6. The van der Waals surface area contributed by atoms with Gasteiger partial charge in [-0.05, 0) is 41.0 Å². The summed E-state index contributed by atoms with van der Waals surface area (Å²) in [5.74, 6) is -0.191. The Labute approximate surface area is 157 Å². The third-order valence-electron chi connectivity index (χ3n) is 4.35. The SMILES string of the molecule is C=C(C1=[N+]([O-])O[C@@H](C(=C)c2ccc(Cl)cc2)[C@@H]1C)c1ccc(Cl)cc1. The summed E-state index contributed by atoms with van der Waals surface area (Å²) in [7, 11) is 0. The number of allylic oxidation sites excluding steroid dienone is 1. The zero-order valence-corrected chi connectivity index (χ0v) is 15.2. The lowest BCUT2D eigenvalue weighted by molar-refractivity contribution is -0.736. The topological polar surface area (TPSA) is 35.3 Å². The summed E-state index contributed by atoms with van der Waals surface area (Å²) in [6.45, 7) is 10.1. The lowest BCUT2D eigenvalue weighted by Gasteiger charge is -2.19. The third-order valence-corrected chi connectivity index (χ3v) is 4.86. The summed E-state index contributed by atoms with van der Waals surface area (Å²) in [6, 6.07) is 14.5. The van der Waals surface area contributed by atoms with Crippen molar-refractivity contribution in [1.29, 1.82) is 0 Å². The van der Waals surface area contributed by atoms with Crippen LogP contribution in [-0.2, 0) is 4.84 Å². The maximum atomic E-state index is 12.4. The number of rotatable bonds is 4. The Hall–Kier alpha value is -2.23. The van der Waals surface area contributed by atoms with Crippen LogP contribution in [0.2, 0.25) is 10.0 Å². The van der Waals surface area contributed by atoms with Crippen LogP contribution in [0.3, 0.4) is 0 Å². The molecule has 0 saturated carbocycles. The van der Waals surface area contributed by atoms with E-state index >= 15 is 0 Å². The number of nitrogens with zero attached hydrogens (tertiary/aromatic N) is 1. The molecule has 1 heterocycles. The molecule has 1 aliphatic rings. The quantitative estimate of drug-likeness (QED) is 0.651. The lowest BCUT2D eigenvalue weighted by Crippen LogP contribution is -2.22. The van der Waals surface area contributed by atoms with E-state index < -0.39 is 6.10 Å². The van der Waals surface area contributed by atoms with E-state index in [1.165, 1.54) is 0 Å². The third kappa shape index (κ3) is 3.44. The van der Waals surface area contributed by atoms with Crippen molar-refractivity contribution in [3.8, 4) is 0 Å². The second-order valence-corrected chi connectivity index (χ2v) is 6.85. The Bertz CT molecular complexity index is 854. The van der Waals surface area contributed by atoms with E-state index in [0.717, 1.165) is 16.7 Å². The Morgan fingerprint density at radius 1 is 0.960 bits per heavy atom. The molecule has 2 aromatic rings. The zero-order chi connectivity index (χ0) is 18.1. The van der Waals surface area contributed by atoms with Crippen molar-refractivity contribution in [3.63, 3.8) is 0 Å². The Morgan fingerprint density at radius 3 is 1.96 bits per heavy atom. The van der Waals surface area contributed by atoms with Gasteiger partial charge in [-0.1, -0.05) is 67.5 Å². The van der Waals surface area contributed by atoms with Gasteiger partial charge >= 0.3 is 0 Å². The van der Waals surface area contributed by atoms with Crippen LogP contribution in [0.25, 0.3) is 11.1 Å². The smallest absolute Gasteiger partial charge is 0.256 e. The molecule has 3 rings (SSSR count). The predicted molar refractivity (Wildman–Crippen MR) is 104 cm³/mol. The van der Waals surface area contributed by atoms with Crippen molar-refractivity contribution in [3.05, 3.63) is 88.1 Å². The minimum atomic E-state index is -0.460. The fraction of sp³-hybridized carbons (Fsp3) is 0.150. The van der Waals surface area contributed by atoms with Crippen molar-refractivity contribution in [1.82, 2.24) is 0 Å². The van der Waals surface area contributed by atoms with Gasteiger partial charge in [0.1, 0.15) is 6.10 Å². The molecule has 2 atom stereocenters. The second kappa shape index (κ2) is 6.95. The van der Waals surface area contributed by atoms with Gasteiger partial charge in [-0.3, -0.25) is 5.21 Å². The van der Waals surface area contributed by atoms with Crippen molar-refractivity contribution < 1.29 is 9.74 Å². The van der Waals surface area contributed by atoms with Crippen molar-refractivity contribution >= 4 is 40.1 Å². The molecule has 0 unspecified atom stereocenters. The fourth-order valence-corrected chi connectivity index (χ4v) is 3.19. The summed E-state index contributed by atoms with van der Waals surface area (Å²) < 4.78 is 0. The van der Waals surface area contributed by atoms with Crippen LogP contribution in [0.15, 0.2) is 61.7 Å². The molecular formula is C20H17Cl2NO2.